The van der Waals surface area contributed by atoms with Gasteiger partial charge in [0.1, 0.15) is 0 Å². The van der Waals surface area contributed by atoms with Gasteiger partial charge in [0.15, 0.2) is 0 Å². The van der Waals surface area contributed by atoms with E-state index in [4.69, 9.17) is 11.6 Å². The first-order valence-corrected chi connectivity index (χ1v) is 8.20. The van der Waals surface area contributed by atoms with Gasteiger partial charge in [-0.15, -0.1) is 11.8 Å². The topological polar surface area (TPSA) is 12.0 Å². The van der Waals surface area contributed by atoms with E-state index in [1.54, 1.807) is 0 Å². The summed E-state index contributed by atoms with van der Waals surface area (Å²) in [4.78, 5) is 1.21. The second kappa shape index (κ2) is 7.72. The van der Waals surface area contributed by atoms with Crippen molar-refractivity contribution in [2.75, 3.05) is 0 Å². The number of nitrogens with one attached hydrogen (secondary N) is 1. The molecule has 0 saturated carbocycles. The van der Waals surface area contributed by atoms with Crippen molar-refractivity contribution in [1.82, 2.24) is 5.32 Å². The van der Waals surface area contributed by atoms with Crippen LogP contribution in [0.2, 0.25) is 5.02 Å². The number of hydrogen-bond acceptors (Lipinski definition) is 2. The van der Waals surface area contributed by atoms with Gasteiger partial charge in [-0.05, 0) is 23.3 Å². The highest BCUT2D eigenvalue weighted by molar-refractivity contribution is 7.98. The Hall–Kier alpha value is -0.960. The van der Waals surface area contributed by atoms with Crippen LogP contribution < -0.4 is 5.32 Å². The van der Waals surface area contributed by atoms with Crippen molar-refractivity contribution >= 4 is 23.4 Å². The van der Waals surface area contributed by atoms with Crippen molar-refractivity contribution in [3.8, 4) is 0 Å². The fraction of sp³-hybridized carbons (Fsp3) is 0.294. The zero-order chi connectivity index (χ0) is 14.4. The molecule has 2 rings (SSSR count). The first-order valence-electron chi connectivity index (χ1n) is 6.83. The average Bonchev–Trinajstić information content (AvgIpc) is 2.45. The fourth-order valence-electron chi connectivity index (χ4n) is 1.82. The average molecular weight is 306 g/mol. The summed E-state index contributed by atoms with van der Waals surface area (Å²) in [5.74, 6) is 0.973. The lowest BCUT2D eigenvalue weighted by Crippen LogP contribution is -2.21. The SMILES string of the molecule is CC(C)NCc1ccc(SCc2ccccc2)cc1Cl. The van der Waals surface area contributed by atoms with E-state index in [1.165, 1.54) is 10.5 Å². The molecule has 0 saturated heterocycles. The van der Waals surface area contributed by atoms with E-state index in [0.717, 1.165) is 22.9 Å². The third-order valence-corrected chi connectivity index (χ3v) is 4.39. The normalized spacial score (nSPS) is 11.0. The number of rotatable bonds is 6. The maximum absolute atomic E-state index is 6.34. The van der Waals surface area contributed by atoms with E-state index in [-0.39, 0.29) is 0 Å². The third-order valence-electron chi connectivity index (χ3n) is 2.97. The highest BCUT2D eigenvalue weighted by Crippen LogP contribution is 2.27. The van der Waals surface area contributed by atoms with Crippen LogP contribution in [-0.2, 0) is 12.3 Å². The lowest BCUT2D eigenvalue weighted by atomic mass is 10.2. The maximum Gasteiger partial charge on any atom is 0.0462 e. The van der Waals surface area contributed by atoms with E-state index in [9.17, 15) is 0 Å². The van der Waals surface area contributed by atoms with Crippen molar-refractivity contribution in [3.63, 3.8) is 0 Å². The molecule has 106 valence electrons. The minimum atomic E-state index is 0.471. The zero-order valence-electron chi connectivity index (χ0n) is 11.9. The largest absolute Gasteiger partial charge is 0.310 e. The second-order valence-electron chi connectivity index (χ2n) is 5.06. The lowest BCUT2D eigenvalue weighted by molar-refractivity contribution is 0.589. The molecule has 0 heterocycles. The van der Waals surface area contributed by atoms with Crippen molar-refractivity contribution in [3.05, 3.63) is 64.7 Å². The smallest absolute Gasteiger partial charge is 0.0462 e. The van der Waals surface area contributed by atoms with Crippen LogP contribution in [0.5, 0.6) is 0 Å². The van der Waals surface area contributed by atoms with E-state index in [1.807, 2.05) is 17.8 Å². The Kier molecular flexibility index (Phi) is 5.96. The molecule has 0 aliphatic heterocycles. The van der Waals surface area contributed by atoms with Crippen molar-refractivity contribution in [2.24, 2.45) is 0 Å². The minimum Gasteiger partial charge on any atom is -0.310 e. The molecule has 0 unspecified atom stereocenters. The van der Waals surface area contributed by atoms with Gasteiger partial charge < -0.3 is 5.32 Å². The maximum atomic E-state index is 6.34. The Morgan fingerprint density at radius 2 is 1.85 bits per heavy atom. The summed E-state index contributed by atoms with van der Waals surface area (Å²) in [5, 5.41) is 4.23. The monoisotopic (exact) mass is 305 g/mol. The van der Waals surface area contributed by atoms with E-state index in [2.05, 4.69) is 61.6 Å². The number of halogens is 1. The van der Waals surface area contributed by atoms with Crippen LogP contribution in [0.25, 0.3) is 0 Å². The van der Waals surface area contributed by atoms with Gasteiger partial charge in [-0.2, -0.15) is 0 Å². The van der Waals surface area contributed by atoms with Crippen LogP contribution in [0.4, 0.5) is 0 Å². The molecule has 0 radical (unpaired) electrons. The second-order valence-corrected chi connectivity index (χ2v) is 6.52. The summed E-state index contributed by atoms with van der Waals surface area (Å²) < 4.78 is 0. The van der Waals surface area contributed by atoms with Gasteiger partial charge >= 0.3 is 0 Å². The Bertz CT molecular complexity index is 540. The van der Waals surface area contributed by atoms with Gasteiger partial charge in [0.05, 0.1) is 0 Å². The van der Waals surface area contributed by atoms with Gasteiger partial charge in [0.25, 0.3) is 0 Å². The van der Waals surface area contributed by atoms with Crippen molar-refractivity contribution in [1.29, 1.82) is 0 Å². The van der Waals surface area contributed by atoms with Crippen LogP contribution in [0.1, 0.15) is 25.0 Å². The minimum absolute atomic E-state index is 0.471. The molecule has 0 atom stereocenters. The molecule has 0 aromatic heterocycles. The quantitative estimate of drug-likeness (QED) is 0.742. The van der Waals surface area contributed by atoms with Crippen molar-refractivity contribution in [2.45, 2.75) is 37.1 Å². The van der Waals surface area contributed by atoms with Gasteiger partial charge in [-0.1, -0.05) is 61.8 Å². The molecule has 3 heteroatoms. The molecule has 1 nitrogen and oxygen atoms in total. The van der Waals surface area contributed by atoms with Gasteiger partial charge in [0.2, 0.25) is 0 Å². The van der Waals surface area contributed by atoms with E-state index in [0.29, 0.717) is 6.04 Å². The lowest BCUT2D eigenvalue weighted by Gasteiger charge is -2.10. The Labute approximate surface area is 130 Å². The van der Waals surface area contributed by atoms with Gasteiger partial charge in [-0.25, -0.2) is 0 Å². The molecule has 0 bridgehead atoms. The first-order chi connectivity index (χ1) is 9.65. The molecule has 1 N–H and O–H groups in total. The van der Waals surface area contributed by atoms with E-state index >= 15 is 0 Å². The molecule has 0 spiro atoms. The summed E-state index contributed by atoms with van der Waals surface area (Å²) in [6.45, 7) is 5.09. The molecule has 2 aromatic carbocycles. The predicted octanol–water partition coefficient (Wildman–Crippen LogP) is 5.13. The summed E-state index contributed by atoms with van der Waals surface area (Å²) in [7, 11) is 0. The van der Waals surface area contributed by atoms with Crippen LogP contribution in [-0.4, -0.2) is 6.04 Å². The first kappa shape index (κ1) is 15.4. The zero-order valence-corrected chi connectivity index (χ0v) is 13.5. The fourth-order valence-corrected chi connectivity index (χ4v) is 3.02. The number of thioether (sulfide) groups is 1. The predicted molar refractivity (Wildman–Crippen MR) is 89.4 cm³/mol. The molecule has 0 aliphatic rings. The Morgan fingerprint density at radius 1 is 1.10 bits per heavy atom. The number of benzene rings is 2. The number of hydrogen-bond donors (Lipinski definition) is 1. The molecule has 0 amide bonds. The summed E-state index contributed by atoms with van der Waals surface area (Å²) >= 11 is 8.16. The summed E-state index contributed by atoms with van der Waals surface area (Å²) in [6.07, 6.45) is 0. The highest BCUT2D eigenvalue weighted by atomic mass is 35.5. The van der Waals surface area contributed by atoms with Gasteiger partial charge in [0, 0.05) is 28.3 Å². The molecule has 2 aromatic rings. The van der Waals surface area contributed by atoms with Crippen LogP contribution >= 0.6 is 23.4 Å². The molecular weight excluding hydrogens is 286 g/mol. The Morgan fingerprint density at radius 3 is 2.50 bits per heavy atom. The molecule has 20 heavy (non-hydrogen) atoms. The van der Waals surface area contributed by atoms with Crippen LogP contribution in [0.3, 0.4) is 0 Å². The van der Waals surface area contributed by atoms with Crippen LogP contribution in [0.15, 0.2) is 53.4 Å². The Balaban J connectivity index is 1.95. The van der Waals surface area contributed by atoms with Gasteiger partial charge in [-0.3, -0.25) is 0 Å². The summed E-state index contributed by atoms with van der Waals surface area (Å²) in [6, 6.07) is 17.3. The van der Waals surface area contributed by atoms with Crippen molar-refractivity contribution < 1.29 is 0 Å². The standard InChI is InChI=1S/C17H20ClNS/c1-13(2)19-11-15-8-9-16(10-17(15)18)20-12-14-6-4-3-5-7-14/h3-10,13,19H,11-12H2,1-2H3. The van der Waals surface area contributed by atoms with E-state index < -0.39 is 0 Å². The third kappa shape index (κ3) is 4.86. The highest BCUT2D eigenvalue weighted by Gasteiger charge is 2.04. The summed E-state index contributed by atoms with van der Waals surface area (Å²) in [5.41, 5.74) is 2.49. The molecule has 0 fully saturated rings. The molecular formula is C17H20ClNS. The van der Waals surface area contributed by atoms with Crippen LogP contribution in [0, 0.1) is 0 Å². The molecule has 0 aliphatic carbocycles.